The first-order chi connectivity index (χ1) is 14.9. The van der Waals surface area contributed by atoms with Gasteiger partial charge in [0.15, 0.2) is 0 Å². The van der Waals surface area contributed by atoms with Crippen molar-refractivity contribution >= 4 is 28.0 Å². The van der Waals surface area contributed by atoms with E-state index in [0.717, 1.165) is 47.5 Å². The summed E-state index contributed by atoms with van der Waals surface area (Å²) in [6.07, 6.45) is -0.858. The molecule has 1 aliphatic heterocycles. The molecule has 31 heavy (non-hydrogen) atoms. The SMILES string of the molecule is CNCCCn1ncc2cc(Nc3ccc(N4CCC(C(F)(F)F)CC4)cc3)ccc21. The molecule has 0 amide bonds. The maximum Gasteiger partial charge on any atom is 0.391 e. The van der Waals surface area contributed by atoms with Crippen molar-refractivity contribution in [3.05, 3.63) is 48.7 Å². The lowest BCUT2D eigenvalue weighted by Gasteiger charge is -2.34. The number of anilines is 3. The average molecular weight is 432 g/mol. The fraction of sp³-hybridized carbons (Fsp3) is 0.435. The second-order valence-corrected chi connectivity index (χ2v) is 8.07. The molecular formula is C23H28F3N5. The molecule has 0 spiro atoms. The maximum atomic E-state index is 12.9. The minimum absolute atomic E-state index is 0.159. The number of hydrogen-bond donors (Lipinski definition) is 2. The van der Waals surface area contributed by atoms with Gasteiger partial charge in [0.05, 0.1) is 17.6 Å². The monoisotopic (exact) mass is 431 g/mol. The molecule has 1 aromatic heterocycles. The molecule has 2 N–H and O–H groups in total. The van der Waals surface area contributed by atoms with Crippen LogP contribution in [0.3, 0.4) is 0 Å². The molecule has 8 heteroatoms. The van der Waals surface area contributed by atoms with Crippen LogP contribution >= 0.6 is 0 Å². The number of alkyl halides is 3. The van der Waals surface area contributed by atoms with Crippen molar-refractivity contribution in [1.82, 2.24) is 15.1 Å². The van der Waals surface area contributed by atoms with E-state index in [4.69, 9.17) is 0 Å². The van der Waals surface area contributed by atoms with Crippen molar-refractivity contribution in [2.75, 3.05) is 36.9 Å². The lowest BCUT2D eigenvalue weighted by molar-refractivity contribution is -0.179. The topological polar surface area (TPSA) is 45.1 Å². The fourth-order valence-electron chi connectivity index (χ4n) is 4.14. The summed E-state index contributed by atoms with van der Waals surface area (Å²) >= 11 is 0. The Kier molecular flexibility index (Phi) is 6.36. The van der Waals surface area contributed by atoms with E-state index in [1.165, 1.54) is 0 Å². The first-order valence-corrected chi connectivity index (χ1v) is 10.7. The molecule has 5 nitrogen and oxygen atoms in total. The van der Waals surface area contributed by atoms with Crippen LogP contribution in [-0.2, 0) is 6.54 Å². The van der Waals surface area contributed by atoms with E-state index in [-0.39, 0.29) is 12.8 Å². The molecule has 4 rings (SSSR count). The molecule has 166 valence electrons. The second kappa shape index (κ2) is 9.18. The Balaban J connectivity index is 1.37. The zero-order valence-corrected chi connectivity index (χ0v) is 17.6. The zero-order valence-electron chi connectivity index (χ0n) is 17.6. The molecule has 2 aromatic carbocycles. The van der Waals surface area contributed by atoms with E-state index >= 15 is 0 Å². The Morgan fingerprint density at radius 3 is 2.42 bits per heavy atom. The van der Waals surface area contributed by atoms with Crippen molar-refractivity contribution in [2.45, 2.75) is 32.0 Å². The summed E-state index contributed by atoms with van der Waals surface area (Å²) in [5.74, 6) is -1.17. The lowest BCUT2D eigenvalue weighted by atomic mass is 9.96. The number of hydrogen-bond acceptors (Lipinski definition) is 4. The molecule has 1 saturated heterocycles. The van der Waals surface area contributed by atoms with Crippen molar-refractivity contribution < 1.29 is 13.2 Å². The van der Waals surface area contributed by atoms with Crippen molar-refractivity contribution in [3.8, 4) is 0 Å². The van der Waals surface area contributed by atoms with Gasteiger partial charge in [-0.3, -0.25) is 4.68 Å². The summed E-state index contributed by atoms with van der Waals surface area (Å²) in [6, 6.07) is 14.1. The second-order valence-electron chi connectivity index (χ2n) is 8.07. The highest BCUT2D eigenvalue weighted by Crippen LogP contribution is 2.35. The fourth-order valence-corrected chi connectivity index (χ4v) is 4.14. The average Bonchev–Trinajstić information content (AvgIpc) is 3.16. The molecule has 0 atom stereocenters. The first kappa shape index (κ1) is 21.5. The van der Waals surface area contributed by atoms with E-state index in [1.807, 2.05) is 53.2 Å². The standard InChI is InChI=1S/C23H28F3N5/c1-27-11-2-12-31-22-8-5-20(15-17(22)16-28-31)29-19-3-6-21(7-4-19)30-13-9-18(10-14-30)23(24,25)26/h3-8,15-16,18,27,29H,2,9-14H2,1H3. The Morgan fingerprint density at radius 1 is 1.03 bits per heavy atom. The number of aromatic nitrogens is 2. The molecule has 0 aliphatic carbocycles. The van der Waals surface area contributed by atoms with E-state index in [1.54, 1.807) is 0 Å². The van der Waals surface area contributed by atoms with Crippen molar-refractivity contribution in [2.24, 2.45) is 5.92 Å². The third kappa shape index (κ3) is 5.12. The van der Waals surface area contributed by atoms with Crippen LogP contribution < -0.4 is 15.5 Å². The quantitative estimate of drug-likeness (QED) is 0.507. The highest BCUT2D eigenvalue weighted by atomic mass is 19.4. The summed E-state index contributed by atoms with van der Waals surface area (Å²) < 4.78 is 40.6. The Hall–Kier alpha value is -2.74. The molecule has 1 fully saturated rings. The number of halogens is 3. The van der Waals surface area contributed by atoms with Crippen LogP contribution in [0, 0.1) is 5.92 Å². The molecule has 0 unspecified atom stereocenters. The molecule has 2 heterocycles. The minimum Gasteiger partial charge on any atom is -0.372 e. The Labute approximate surface area is 180 Å². The van der Waals surface area contributed by atoms with Gasteiger partial charge in [0.25, 0.3) is 0 Å². The van der Waals surface area contributed by atoms with Gasteiger partial charge >= 0.3 is 6.18 Å². The van der Waals surface area contributed by atoms with Crippen LogP contribution in [0.5, 0.6) is 0 Å². The van der Waals surface area contributed by atoms with E-state index < -0.39 is 12.1 Å². The molecule has 0 saturated carbocycles. The minimum atomic E-state index is -4.08. The van der Waals surface area contributed by atoms with Gasteiger partial charge in [0.1, 0.15) is 0 Å². The smallest absolute Gasteiger partial charge is 0.372 e. The number of fused-ring (bicyclic) bond motifs is 1. The first-order valence-electron chi connectivity index (χ1n) is 10.7. The number of benzene rings is 2. The third-order valence-corrected chi connectivity index (χ3v) is 5.92. The molecule has 0 bridgehead atoms. The molecule has 1 aliphatic rings. The maximum absolute atomic E-state index is 12.9. The van der Waals surface area contributed by atoms with Gasteiger partial charge in [-0.2, -0.15) is 18.3 Å². The molecular weight excluding hydrogens is 403 g/mol. The number of nitrogens with zero attached hydrogens (tertiary/aromatic N) is 3. The Morgan fingerprint density at radius 2 is 1.74 bits per heavy atom. The van der Waals surface area contributed by atoms with Gasteiger partial charge in [-0.1, -0.05) is 0 Å². The summed E-state index contributed by atoms with van der Waals surface area (Å²) in [6.45, 7) is 2.70. The lowest BCUT2D eigenvalue weighted by Crippen LogP contribution is -2.38. The molecule has 3 aromatic rings. The highest BCUT2D eigenvalue weighted by Gasteiger charge is 2.41. The van der Waals surface area contributed by atoms with E-state index in [2.05, 4.69) is 27.9 Å². The summed E-state index contributed by atoms with van der Waals surface area (Å²) in [5, 5.41) is 12.1. The highest BCUT2D eigenvalue weighted by molar-refractivity contribution is 5.83. The predicted molar refractivity (Wildman–Crippen MR) is 119 cm³/mol. The van der Waals surface area contributed by atoms with Crippen molar-refractivity contribution in [1.29, 1.82) is 0 Å². The number of piperidine rings is 1. The van der Waals surface area contributed by atoms with Gasteiger partial charge in [-0.15, -0.1) is 0 Å². The summed E-state index contributed by atoms with van der Waals surface area (Å²) in [5.41, 5.74) is 3.99. The van der Waals surface area contributed by atoms with Crippen LogP contribution in [-0.4, -0.2) is 42.6 Å². The van der Waals surface area contributed by atoms with Gasteiger partial charge in [0, 0.05) is 42.1 Å². The summed E-state index contributed by atoms with van der Waals surface area (Å²) in [4.78, 5) is 2.03. The number of nitrogens with one attached hydrogen (secondary N) is 2. The normalized spacial score (nSPS) is 15.5. The van der Waals surface area contributed by atoms with Crippen LogP contribution in [0.1, 0.15) is 19.3 Å². The number of aryl methyl sites for hydroxylation is 1. The van der Waals surface area contributed by atoms with Crippen molar-refractivity contribution in [3.63, 3.8) is 0 Å². The molecule has 0 radical (unpaired) electrons. The Bertz CT molecular complexity index is 989. The third-order valence-electron chi connectivity index (χ3n) is 5.92. The van der Waals surface area contributed by atoms with Gasteiger partial charge in [-0.25, -0.2) is 0 Å². The van der Waals surface area contributed by atoms with Crippen LogP contribution in [0.2, 0.25) is 0 Å². The predicted octanol–water partition coefficient (Wildman–Crippen LogP) is 5.17. The van der Waals surface area contributed by atoms with Gasteiger partial charge in [0.2, 0.25) is 0 Å². The zero-order chi connectivity index (χ0) is 21.8. The summed E-state index contributed by atoms with van der Waals surface area (Å²) in [7, 11) is 1.95. The van der Waals surface area contributed by atoms with E-state index in [0.29, 0.717) is 13.1 Å². The van der Waals surface area contributed by atoms with Crippen LogP contribution in [0.25, 0.3) is 10.9 Å². The van der Waals surface area contributed by atoms with E-state index in [9.17, 15) is 13.2 Å². The van der Waals surface area contributed by atoms with Gasteiger partial charge < -0.3 is 15.5 Å². The van der Waals surface area contributed by atoms with Gasteiger partial charge in [-0.05, 0) is 75.3 Å². The van der Waals surface area contributed by atoms with Crippen LogP contribution in [0.4, 0.5) is 30.2 Å². The number of rotatable bonds is 7. The largest absolute Gasteiger partial charge is 0.391 e. The van der Waals surface area contributed by atoms with Crippen LogP contribution in [0.15, 0.2) is 48.7 Å².